The number of nitrogens with one attached hydrogen (secondary N) is 1. The molecule has 0 spiro atoms. The maximum absolute atomic E-state index is 4.58. The quantitative estimate of drug-likeness (QED) is 0.564. The summed E-state index contributed by atoms with van der Waals surface area (Å²) in [6.07, 6.45) is 3.52. The molecule has 110 valence electrons. The molecule has 0 fully saturated rings. The predicted octanol–water partition coefficient (Wildman–Crippen LogP) is 4.25. The smallest absolute Gasteiger partial charge is 0.157 e. The SMILES string of the molecule is CCC/C(=N\Nc1ncnc2ccccc12)c1ccccc1. The average molecular weight is 290 g/mol. The van der Waals surface area contributed by atoms with Crippen LogP contribution in [0.15, 0.2) is 66.0 Å². The molecule has 0 bridgehead atoms. The summed E-state index contributed by atoms with van der Waals surface area (Å²) < 4.78 is 0. The average Bonchev–Trinajstić information content (AvgIpc) is 2.59. The monoisotopic (exact) mass is 290 g/mol. The van der Waals surface area contributed by atoms with Gasteiger partial charge in [0.25, 0.3) is 0 Å². The van der Waals surface area contributed by atoms with Crippen LogP contribution in [0.4, 0.5) is 5.82 Å². The molecule has 2 aromatic carbocycles. The molecule has 1 N–H and O–H groups in total. The Hall–Kier alpha value is -2.75. The van der Waals surface area contributed by atoms with Crippen LogP contribution in [0.1, 0.15) is 25.3 Å². The molecular weight excluding hydrogens is 272 g/mol. The Morgan fingerprint density at radius 2 is 1.77 bits per heavy atom. The van der Waals surface area contributed by atoms with E-state index in [1.807, 2.05) is 42.5 Å². The Bertz CT molecular complexity index is 776. The van der Waals surface area contributed by atoms with Gasteiger partial charge < -0.3 is 0 Å². The first-order valence-corrected chi connectivity index (χ1v) is 7.46. The van der Waals surface area contributed by atoms with Gasteiger partial charge >= 0.3 is 0 Å². The highest BCUT2D eigenvalue weighted by molar-refractivity contribution is 6.01. The highest BCUT2D eigenvalue weighted by Gasteiger charge is 2.04. The Balaban J connectivity index is 1.93. The molecule has 3 rings (SSSR count). The fourth-order valence-corrected chi connectivity index (χ4v) is 2.35. The summed E-state index contributed by atoms with van der Waals surface area (Å²) in [5, 5.41) is 5.55. The number of aromatic nitrogens is 2. The van der Waals surface area contributed by atoms with E-state index in [-0.39, 0.29) is 0 Å². The number of hydrogen-bond acceptors (Lipinski definition) is 4. The molecule has 0 saturated heterocycles. The van der Waals surface area contributed by atoms with Crippen molar-refractivity contribution in [3.8, 4) is 0 Å². The van der Waals surface area contributed by atoms with Crippen LogP contribution in [0.2, 0.25) is 0 Å². The second kappa shape index (κ2) is 6.80. The number of benzene rings is 2. The Labute approximate surface area is 129 Å². The molecule has 0 unspecified atom stereocenters. The Morgan fingerprint density at radius 1 is 1.00 bits per heavy atom. The first-order valence-electron chi connectivity index (χ1n) is 7.46. The maximum atomic E-state index is 4.58. The van der Waals surface area contributed by atoms with E-state index < -0.39 is 0 Å². The summed E-state index contributed by atoms with van der Waals surface area (Å²) in [7, 11) is 0. The molecule has 4 heteroatoms. The van der Waals surface area contributed by atoms with Gasteiger partial charge in [-0.05, 0) is 24.1 Å². The lowest BCUT2D eigenvalue weighted by atomic mass is 10.1. The molecule has 0 atom stereocenters. The number of hydrogen-bond donors (Lipinski definition) is 1. The van der Waals surface area contributed by atoms with Crippen LogP contribution in [0, 0.1) is 0 Å². The fourth-order valence-electron chi connectivity index (χ4n) is 2.35. The minimum Gasteiger partial charge on any atom is -0.260 e. The third kappa shape index (κ3) is 3.11. The second-order valence-electron chi connectivity index (χ2n) is 5.03. The maximum Gasteiger partial charge on any atom is 0.157 e. The van der Waals surface area contributed by atoms with Gasteiger partial charge in [0.05, 0.1) is 11.2 Å². The van der Waals surface area contributed by atoms with Crippen molar-refractivity contribution in [1.29, 1.82) is 0 Å². The number of rotatable bonds is 5. The first-order chi connectivity index (χ1) is 10.9. The van der Waals surface area contributed by atoms with E-state index in [1.54, 1.807) is 6.33 Å². The molecule has 1 aromatic heterocycles. The van der Waals surface area contributed by atoms with E-state index in [2.05, 4.69) is 39.6 Å². The molecule has 4 nitrogen and oxygen atoms in total. The molecule has 3 aromatic rings. The summed E-state index contributed by atoms with van der Waals surface area (Å²) in [4.78, 5) is 8.57. The van der Waals surface area contributed by atoms with Crippen LogP contribution in [0.5, 0.6) is 0 Å². The number of hydrazone groups is 1. The van der Waals surface area contributed by atoms with Crippen LogP contribution in [0.25, 0.3) is 10.9 Å². The molecule has 0 radical (unpaired) electrons. The van der Waals surface area contributed by atoms with Gasteiger partial charge in [0.2, 0.25) is 0 Å². The molecule has 0 amide bonds. The minimum atomic E-state index is 0.732. The lowest BCUT2D eigenvalue weighted by Gasteiger charge is -2.08. The zero-order valence-electron chi connectivity index (χ0n) is 12.5. The molecule has 0 saturated carbocycles. The van der Waals surface area contributed by atoms with Gasteiger partial charge in [-0.15, -0.1) is 0 Å². The van der Waals surface area contributed by atoms with Gasteiger partial charge in [0, 0.05) is 5.39 Å². The van der Waals surface area contributed by atoms with E-state index in [9.17, 15) is 0 Å². The zero-order chi connectivity index (χ0) is 15.2. The van der Waals surface area contributed by atoms with Crippen molar-refractivity contribution in [3.63, 3.8) is 0 Å². The third-order valence-electron chi connectivity index (χ3n) is 3.43. The highest BCUT2D eigenvalue weighted by Crippen LogP contribution is 2.18. The number of para-hydroxylation sites is 1. The van der Waals surface area contributed by atoms with Crippen molar-refractivity contribution in [2.24, 2.45) is 5.10 Å². The van der Waals surface area contributed by atoms with Crippen LogP contribution in [0.3, 0.4) is 0 Å². The number of nitrogens with zero attached hydrogens (tertiary/aromatic N) is 3. The van der Waals surface area contributed by atoms with Crippen LogP contribution in [-0.2, 0) is 0 Å². The second-order valence-corrected chi connectivity index (χ2v) is 5.03. The Kier molecular flexibility index (Phi) is 4.39. The molecule has 0 aliphatic rings. The first kappa shape index (κ1) is 14.2. The van der Waals surface area contributed by atoms with Crippen molar-refractivity contribution in [2.75, 3.05) is 5.43 Å². The van der Waals surface area contributed by atoms with Crippen molar-refractivity contribution in [3.05, 3.63) is 66.5 Å². The van der Waals surface area contributed by atoms with Crippen molar-refractivity contribution >= 4 is 22.4 Å². The van der Waals surface area contributed by atoms with Crippen molar-refractivity contribution < 1.29 is 0 Å². The summed E-state index contributed by atoms with van der Waals surface area (Å²) in [6, 6.07) is 18.1. The minimum absolute atomic E-state index is 0.732. The summed E-state index contributed by atoms with van der Waals surface area (Å²) in [5.74, 6) is 0.732. The normalized spacial score (nSPS) is 11.6. The van der Waals surface area contributed by atoms with Crippen LogP contribution < -0.4 is 5.43 Å². The van der Waals surface area contributed by atoms with Crippen molar-refractivity contribution in [1.82, 2.24) is 9.97 Å². The van der Waals surface area contributed by atoms with Gasteiger partial charge in [-0.1, -0.05) is 55.8 Å². The van der Waals surface area contributed by atoms with Crippen LogP contribution in [-0.4, -0.2) is 15.7 Å². The fraction of sp³-hybridized carbons (Fsp3) is 0.167. The Morgan fingerprint density at radius 3 is 2.59 bits per heavy atom. The molecular formula is C18H18N4. The summed E-state index contributed by atoms with van der Waals surface area (Å²) in [6.45, 7) is 2.15. The number of fused-ring (bicyclic) bond motifs is 1. The van der Waals surface area contributed by atoms with Gasteiger partial charge in [-0.2, -0.15) is 5.10 Å². The lowest BCUT2D eigenvalue weighted by molar-refractivity contribution is 0.986. The van der Waals surface area contributed by atoms with Gasteiger partial charge in [0.15, 0.2) is 5.82 Å². The summed E-state index contributed by atoms with van der Waals surface area (Å²) >= 11 is 0. The third-order valence-corrected chi connectivity index (χ3v) is 3.43. The molecule has 22 heavy (non-hydrogen) atoms. The largest absolute Gasteiger partial charge is 0.260 e. The highest BCUT2D eigenvalue weighted by atomic mass is 15.3. The van der Waals surface area contributed by atoms with Crippen LogP contribution >= 0.6 is 0 Å². The van der Waals surface area contributed by atoms with E-state index in [1.165, 1.54) is 0 Å². The van der Waals surface area contributed by atoms with Crippen molar-refractivity contribution in [2.45, 2.75) is 19.8 Å². The van der Waals surface area contributed by atoms with E-state index in [4.69, 9.17) is 0 Å². The molecule has 1 heterocycles. The lowest BCUT2D eigenvalue weighted by Crippen LogP contribution is -2.05. The summed E-state index contributed by atoms with van der Waals surface area (Å²) in [5.41, 5.74) is 6.18. The molecule has 0 aliphatic carbocycles. The standard InChI is InChI=1S/C18H18N4/c1-2-8-16(14-9-4-3-5-10-14)21-22-18-15-11-6-7-12-17(15)19-13-20-18/h3-7,9-13H,2,8H2,1H3,(H,19,20,22)/b21-16+. The van der Waals surface area contributed by atoms with Gasteiger partial charge in [-0.3, -0.25) is 5.43 Å². The topological polar surface area (TPSA) is 50.2 Å². The molecule has 0 aliphatic heterocycles. The van der Waals surface area contributed by atoms with Gasteiger partial charge in [0.1, 0.15) is 6.33 Å². The van der Waals surface area contributed by atoms with E-state index in [0.29, 0.717) is 0 Å². The zero-order valence-corrected chi connectivity index (χ0v) is 12.5. The van der Waals surface area contributed by atoms with E-state index >= 15 is 0 Å². The predicted molar refractivity (Wildman–Crippen MR) is 91.0 cm³/mol. The number of anilines is 1. The van der Waals surface area contributed by atoms with E-state index in [0.717, 1.165) is 40.8 Å². The van der Waals surface area contributed by atoms with Gasteiger partial charge in [-0.25, -0.2) is 9.97 Å².